The first-order valence-corrected chi connectivity index (χ1v) is 5.03. The molecule has 1 aromatic carbocycles. The van der Waals surface area contributed by atoms with Crippen LogP contribution in [-0.2, 0) is 0 Å². The lowest BCUT2D eigenvalue weighted by atomic mass is 10.2. The molecule has 0 saturated heterocycles. The Balaban J connectivity index is 2.01. The maximum atomic E-state index is 4.25. The van der Waals surface area contributed by atoms with E-state index in [2.05, 4.69) is 20.4 Å². The van der Waals surface area contributed by atoms with Crippen LogP contribution in [0.4, 0.5) is 0 Å². The van der Waals surface area contributed by atoms with Gasteiger partial charge in [0.1, 0.15) is 0 Å². The van der Waals surface area contributed by atoms with E-state index in [1.807, 2.05) is 42.6 Å². The highest BCUT2D eigenvalue weighted by Crippen LogP contribution is 2.17. The Morgan fingerprint density at radius 3 is 2.94 bits per heavy atom. The zero-order chi connectivity index (χ0) is 10.8. The van der Waals surface area contributed by atoms with E-state index in [4.69, 9.17) is 0 Å². The fraction of sp³-hybridized carbons (Fsp3) is 0. The number of aromatic amines is 2. The normalized spacial score (nSPS) is 11.5. The van der Waals surface area contributed by atoms with Crippen molar-refractivity contribution in [2.45, 2.75) is 0 Å². The van der Waals surface area contributed by atoms with Crippen LogP contribution in [-0.4, -0.2) is 20.4 Å². The molecule has 2 heterocycles. The van der Waals surface area contributed by atoms with Gasteiger partial charge < -0.3 is 0 Å². The zero-order valence-corrected chi connectivity index (χ0v) is 8.51. The molecule has 0 amide bonds. The van der Waals surface area contributed by atoms with Crippen LogP contribution >= 0.6 is 0 Å². The highest BCUT2D eigenvalue weighted by Gasteiger charge is 2.00. The van der Waals surface area contributed by atoms with Crippen LogP contribution in [0.3, 0.4) is 0 Å². The molecule has 0 aliphatic heterocycles. The topological polar surface area (TPSA) is 57.4 Å². The number of H-pyrrole nitrogens is 2. The Morgan fingerprint density at radius 1 is 1.12 bits per heavy atom. The van der Waals surface area contributed by atoms with E-state index in [1.165, 1.54) is 0 Å². The quantitative estimate of drug-likeness (QED) is 0.682. The maximum Gasteiger partial charge on any atom is 0.0927 e. The summed E-state index contributed by atoms with van der Waals surface area (Å²) in [6, 6.07) is 8.06. The van der Waals surface area contributed by atoms with Crippen molar-refractivity contribution in [1.82, 2.24) is 20.4 Å². The molecule has 0 spiro atoms. The molecule has 0 aliphatic carbocycles. The van der Waals surface area contributed by atoms with Gasteiger partial charge in [-0.15, -0.1) is 0 Å². The van der Waals surface area contributed by atoms with E-state index in [0.29, 0.717) is 0 Å². The molecular formula is C12H10N4. The van der Waals surface area contributed by atoms with Crippen LogP contribution in [0, 0.1) is 0 Å². The van der Waals surface area contributed by atoms with Gasteiger partial charge in [0.2, 0.25) is 0 Å². The summed E-state index contributed by atoms with van der Waals surface area (Å²) >= 11 is 0. The lowest BCUT2D eigenvalue weighted by Crippen LogP contribution is -1.71. The number of nitrogens with zero attached hydrogens (tertiary/aromatic N) is 2. The Hall–Kier alpha value is -2.36. The van der Waals surface area contributed by atoms with Crippen molar-refractivity contribution in [3.63, 3.8) is 0 Å². The fourth-order valence-corrected chi connectivity index (χ4v) is 1.64. The molecule has 16 heavy (non-hydrogen) atoms. The van der Waals surface area contributed by atoms with Crippen molar-refractivity contribution >= 4 is 23.1 Å². The van der Waals surface area contributed by atoms with Gasteiger partial charge in [0.05, 0.1) is 17.4 Å². The minimum absolute atomic E-state index is 0.941. The van der Waals surface area contributed by atoms with Crippen molar-refractivity contribution in [3.05, 3.63) is 47.9 Å². The van der Waals surface area contributed by atoms with Crippen molar-refractivity contribution in [3.8, 4) is 0 Å². The molecule has 0 saturated carbocycles. The molecule has 4 nitrogen and oxygen atoms in total. The second-order valence-corrected chi connectivity index (χ2v) is 3.52. The third-order valence-corrected chi connectivity index (χ3v) is 2.45. The third-order valence-electron chi connectivity index (χ3n) is 2.45. The maximum absolute atomic E-state index is 4.25. The summed E-state index contributed by atoms with van der Waals surface area (Å²) in [6.07, 6.45) is 7.56. The molecule has 0 bridgehead atoms. The van der Waals surface area contributed by atoms with E-state index in [1.54, 1.807) is 6.20 Å². The van der Waals surface area contributed by atoms with Crippen molar-refractivity contribution < 1.29 is 0 Å². The number of hydrogen-bond acceptors (Lipinski definition) is 2. The molecule has 0 aliphatic rings. The van der Waals surface area contributed by atoms with Crippen molar-refractivity contribution in [2.75, 3.05) is 0 Å². The second kappa shape index (κ2) is 3.66. The summed E-state index contributed by atoms with van der Waals surface area (Å²) in [6.45, 7) is 0. The van der Waals surface area contributed by atoms with Gasteiger partial charge >= 0.3 is 0 Å². The summed E-state index contributed by atoms with van der Waals surface area (Å²) in [7, 11) is 0. The monoisotopic (exact) mass is 210 g/mol. The largest absolute Gasteiger partial charge is 0.285 e. The molecule has 2 N–H and O–H groups in total. The van der Waals surface area contributed by atoms with Gasteiger partial charge in [-0.05, 0) is 18.2 Å². The van der Waals surface area contributed by atoms with Crippen LogP contribution in [0.15, 0.2) is 36.7 Å². The average molecular weight is 210 g/mol. The Bertz CT molecular complexity index is 619. The van der Waals surface area contributed by atoms with E-state index >= 15 is 0 Å². The first kappa shape index (κ1) is 8.91. The Labute approximate surface area is 92.0 Å². The first-order valence-electron chi connectivity index (χ1n) is 5.03. The number of benzene rings is 1. The molecular weight excluding hydrogens is 200 g/mol. The number of nitrogens with one attached hydrogen (secondary N) is 2. The van der Waals surface area contributed by atoms with Gasteiger partial charge in [0.25, 0.3) is 0 Å². The standard InChI is InChI=1S/C12H10N4/c1-2-4-11-10(3-1)12(16-15-11)6-5-9-7-13-14-8-9/h1-8H,(H,13,14)(H,15,16)/b6-5+. The zero-order valence-electron chi connectivity index (χ0n) is 8.51. The molecule has 0 atom stereocenters. The highest BCUT2D eigenvalue weighted by molar-refractivity contribution is 5.89. The molecule has 0 unspecified atom stereocenters. The molecule has 0 radical (unpaired) electrons. The van der Waals surface area contributed by atoms with E-state index in [-0.39, 0.29) is 0 Å². The summed E-state index contributed by atoms with van der Waals surface area (Å²) in [5, 5.41) is 15.0. The number of hydrogen-bond donors (Lipinski definition) is 2. The van der Waals surface area contributed by atoms with Crippen molar-refractivity contribution in [1.29, 1.82) is 0 Å². The molecule has 3 aromatic rings. The van der Waals surface area contributed by atoms with E-state index in [9.17, 15) is 0 Å². The van der Waals surface area contributed by atoms with Crippen LogP contribution in [0.1, 0.15) is 11.3 Å². The minimum Gasteiger partial charge on any atom is -0.285 e. The lowest BCUT2D eigenvalue weighted by molar-refractivity contribution is 1.09. The number of aromatic nitrogens is 4. The Kier molecular flexibility index (Phi) is 2.04. The number of rotatable bonds is 2. The highest BCUT2D eigenvalue weighted by atomic mass is 15.1. The predicted molar refractivity (Wildman–Crippen MR) is 63.6 cm³/mol. The van der Waals surface area contributed by atoms with Gasteiger partial charge in [-0.3, -0.25) is 10.2 Å². The predicted octanol–water partition coefficient (Wildman–Crippen LogP) is 2.46. The summed E-state index contributed by atoms with van der Waals surface area (Å²) < 4.78 is 0. The lowest BCUT2D eigenvalue weighted by Gasteiger charge is -1.87. The van der Waals surface area contributed by atoms with Gasteiger partial charge in [0, 0.05) is 17.1 Å². The number of fused-ring (bicyclic) bond motifs is 1. The summed E-state index contributed by atoms with van der Waals surface area (Å²) in [5.74, 6) is 0. The van der Waals surface area contributed by atoms with Crippen LogP contribution in [0.2, 0.25) is 0 Å². The molecule has 78 valence electrons. The first-order chi connectivity index (χ1) is 7.93. The number of para-hydroxylation sites is 1. The molecule has 0 fully saturated rings. The average Bonchev–Trinajstić information content (AvgIpc) is 2.96. The van der Waals surface area contributed by atoms with Crippen LogP contribution in [0.25, 0.3) is 23.1 Å². The summed E-state index contributed by atoms with van der Waals surface area (Å²) in [4.78, 5) is 0. The smallest absolute Gasteiger partial charge is 0.0927 e. The van der Waals surface area contributed by atoms with Gasteiger partial charge in [-0.1, -0.05) is 18.2 Å². The van der Waals surface area contributed by atoms with Crippen LogP contribution < -0.4 is 0 Å². The minimum atomic E-state index is 0.941. The Morgan fingerprint density at radius 2 is 2.06 bits per heavy atom. The second-order valence-electron chi connectivity index (χ2n) is 3.52. The van der Waals surface area contributed by atoms with Crippen molar-refractivity contribution in [2.24, 2.45) is 0 Å². The van der Waals surface area contributed by atoms with Gasteiger partial charge in [-0.25, -0.2) is 0 Å². The molecule has 3 rings (SSSR count). The SMILES string of the molecule is C(=C\c1n[nH]c2ccccc12)/c1cn[nH]c1. The molecule has 4 heteroatoms. The van der Waals surface area contributed by atoms with E-state index in [0.717, 1.165) is 22.2 Å². The molecule has 2 aromatic heterocycles. The van der Waals surface area contributed by atoms with Gasteiger partial charge in [-0.2, -0.15) is 10.2 Å². The van der Waals surface area contributed by atoms with Crippen LogP contribution in [0.5, 0.6) is 0 Å². The summed E-state index contributed by atoms with van der Waals surface area (Å²) in [5.41, 5.74) is 3.03. The third kappa shape index (κ3) is 1.50. The van der Waals surface area contributed by atoms with Gasteiger partial charge in [0.15, 0.2) is 0 Å². The van der Waals surface area contributed by atoms with E-state index < -0.39 is 0 Å². The fourth-order valence-electron chi connectivity index (χ4n) is 1.64.